The summed E-state index contributed by atoms with van der Waals surface area (Å²) in [7, 11) is 0. The molecule has 0 fully saturated rings. The minimum absolute atomic E-state index is 0.113. The summed E-state index contributed by atoms with van der Waals surface area (Å²) in [6.07, 6.45) is 0. The molecule has 0 aliphatic heterocycles. The minimum atomic E-state index is -0.734. The molecule has 0 aliphatic rings. The summed E-state index contributed by atoms with van der Waals surface area (Å²) in [6, 6.07) is 11.6. The van der Waals surface area contributed by atoms with E-state index in [9.17, 15) is 19.8 Å². The molecule has 6 nitrogen and oxygen atoms in total. The third-order valence-electron chi connectivity index (χ3n) is 4.15. The van der Waals surface area contributed by atoms with Crippen molar-refractivity contribution in [1.82, 2.24) is 9.97 Å². The topological polar surface area (TPSA) is 106 Å². The number of aromatic nitrogens is 2. The zero-order valence-corrected chi connectivity index (χ0v) is 13.8. The molecule has 4 N–H and O–H groups in total. The predicted octanol–water partition coefficient (Wildman–Crippen LogP) is 2.27. The number of rotatable bonds is 3. The molecular weight excluding hydrogens is 320 g/mol. The Bertz CT molecular complexity index is 1010. The van der Waals surface area contributed by atoms with Crippen LogP contribution in [0.1, 0.15) is 34.0 Å². The first kappa shape index (κ1) is 16.6. The number of nitrogens with one attached hydrogen (secondary N) is 2. The summed E-state index contributed by atoms with van der Waals surface area (Å²) in [5.41, 5.74) is 1.26. The molecule has 0 saturated carbocycles. The van der Waals surface area contributed by atoms with Crippen LogP contribution in [0, 0.1) is 13.8 Å². The van der Waals surface area contributed by atoms with Crippen molar-refractivity contribution in [2.24, 2.45) is 0 Å². The molecule has 25 heavy (non-hydrogen) atoms. The van der Waals surface area contributed by atoms with Gasteiger partial charge in [-0.1, -0.05) is 30.3 Å². The van der Waals surface area contributed by atoms with Gasteiger partial charge in [0.15, 0.2) is 0 Å². The lowest BCUT2D eigenvalue weighted by atomic mass is 9.84. The Morgan fingerprint density at radius 2 is 1.52 bits per heavy atom. The van der Waals surface area contributed by atoms with E-state index in [0.717, 1.165) is 6.07 Å². The Labute approximate surface area is 143 Å². The van der Waals surface area contributed by atoms with Gasteiger partial charge in [-0.3, -0.25) is 9.59 Å². The van der Waals surface area contributed by atoms with E-state index in [1.807, 2.05) is 6.07 Å². The Hall–Kier alpha value is -3.28. The first-order valence-electron chi connectivity index (χ1n) is 7.79. The molecule has 0 spiro atoms. The third kappa shape index (κ3) is 3.06. The largest absolute Gasteiger partial charge is 0.507 e. The maximum Gasteiger partial charge on any atom is 0.256 e. The van der Waals surface area contributed by atoms with Crippen LogP contribution in [0.2, 0.25) is 0 Å². The van der Waals surface area contributed by atoms with Crippen molar-refractivity contribution in [1.29, 1.82) is 0 Å². The molecule has 128 valence electrons. The van der Waals surface area contributed by atoms with Crippen LogP contribution in [0.3, 0.4) is 0 Å². The van der Waals surface area contributed by atoms with Crippen LogP contribution in [0.15, 0.2) is 52.1 Å². The Balaban J connectivity index is 2.38. The molecule has 6 heteroatoms. The highest BCUT2D eigenvalue weighted by Gasteiger charge is 2.28. The summed E-state index contributed by atoms with van der Waals surface area (Å²) < 4.78 is 0. The van der Waals surface area contributed by atoms with Gasteiger partial charge in [-0.25, -0.2) is 0 Å². The molecule has 0 saturated heterocycles. The normalized spacial score (nSPS) is 12.1. The van der Waals surface area contributed by atoms with Crippen LogP contribution in [0.25, 0.3) is 0 Å². The van der Waals surface area contributed by atoms with Crippen LogP contribution in [-0.4, -0.2) is 20.2 Å². The molecule has 2 heterocycles. The highest BCUT2D eigenvalue weighted by Crippen LogP contribution is 2.39. The maximum absolute atomic E-state index is 12.6. The fraction of sp³-hybridized carbons (Fsp3) is 0.158. The summed E-state index contributed by atoms with van der Waals surface area (Å²) in [5, 5.41) is 20.8. The van der Waals surface area contributed by atoms with Gasteiger partial charge < -0.3 is 20.2 Å². The van der Waals surface area contributed by atoms with Crippen molar-refractivity contribution in [2.75, 3.05) is 0 Å². The van der Waals surface area contributed by atoms with E-state index in [0.29, 0.717) is 22.5 Å². The van der Waals surface area contributed by atoms with Gasteiger partial charge in [-0.2, -0.15) is 0 Å². The smallest absolute Gasteiger partial charge is 0.256 e. The Morgan fingerprint density at radius 3 is 2.12 bits per heavy atom. The number of hydrogen-bond acceptors (Lipinski definition) is 4. The van der Waals surface area contributed by atoms with Crippen LogP contribution in [0.4, 0.5) is 0 Å². The lowest BCUT2D eigenvalue weighted by Gasteiger charge is -2.21. The highest BCUT2D eigenvalue weighted by atomic mass is 16.3. The fourth-order valence-electron chi connectivity index (χ4n) is 3.13. The maximum atomic E-state index is 12.6. The van der Waals surface area contributed by atoms with Gasteiger partial charge in [-0.05, 0) is 25.5 Å². The molecule has 2 aromatic heterocycles. The molecule has 3 aromatic rings. The standard InChI is InChI=1S/C19H18N2O4/c1-10-8-13(22)18(19(25)20-10)17(12-6-4-3-5-7-12)16-11(2)21-15(24)9-14(16)23/h3-9,17H,1-2H3,(H2,20,22,25)(H2,21,23,24). The van der Waals surface area contributed by atoms with E-state index in [1.54, 1.807) is 38.1 Å². The molecule has 1 atom stereocenters. The first-order chi connectivity index (χ1) is 11.9. The summed E-state index contributed by atoms with van der Waals surface area (Å²) in [6.45, 7) is 3.32. The number of pyridine rings is 2. The molecule has 0 amide bonds. The molecule has 0 aliphatic carbocycles. The predicted molar refractivity (Wildman–Crippen MR) is 94.3 cm³/mol. The van der Waals surface area contributed by atoms with Gasteiger partial charge in [0.25, 0.3) is 11.1 Å². The lowest BCUT2D eigenvalue weighted by molar-refractivity contribution is 0.455. The second kappa shape index (κ2) is 6.32. The Morgan fingerprint density at radius 1 is 0.880 bits per heavy atom. The van der Waals surface area contributed by atoms with Crippen LogP contribution in [0.5, 0.6) is 11.5 Å². The molecule has 3 rings (SSSR count). The van der Waals surface area contributed by atoms with Gasteiger partial charge in [-0.15, -0.1) is 0 Å². The zero-order chi connectivity index (χ0) is 18.1. The van der Waals surface area contributed by atoms with Crippen LogP contribution >= 0.6 is 0 Å². The van der Waals surface area contributed by atoms with Crippen molar-refractivity contribution >= 4 is 0 Å². The van der Waals surface area contributed by atoms with Crippen molar-refractivity contribution in [3.05, 3.63) is 91.3 Å². The van der Waals surface area contributed by atoms with E-state index in [4.69, 9.17) is 0 Å². The van der Waals surface area contributed by atoms with E-state index in [2.05, 4.69) is 9.97 Å². The van der Waals surface area contributed by atoms with E-state index < -0.39 is 17.0 Å². The third-order valence-corrected chi connectivity index (χ3v) is 4.15. The summed E-state index contributed by atoms with van der Waals surface area (Å²) in [4.78, 5) is 29.5. The van der Waals surface area contributed by atoms with Crippen molar-refractivity contribution in [3.8, 4) is 11.5 Å². The van der Waals surface area contributed by atoms with Crippen molar-refractivity contribution in [2.45, 2.75) is 19.8 Å². The van der Waals surface area contributed by atoms with E-state index in [1.165, 1.54) is 6.07 Å². The molecule has 1 unspecified atom stereocenters. The number of benzene rings is 1. The number of aryl methyl sites for hydroxylation is 2. The molecular formula is C19H18N2O4. The highest BCUT2D eigenvalue weighted by molar-refractivity contribution is 5.53. The molecule has 1 aromatic carbocycles. The van der Waals surface area contributed by atoms with Gasteiger partial charge in [0.2, 0.25) is 0 Å². The molecule has 0 bridgehead atoms. The van der Waals surface area contributed by atoms with Gasteiger partial charge in [0.1, 0.15) is 11.5 Å². The number of hydrogen-bond donors (Lipinski definition) is 4. The summed E-state index contributed by atoms with van der Waals surface area (Å²) >= 11 is 0. The van der Waals surface area contributed by atoms with Crippen LogP contribution in [-0.2, 0) is 0 Å². The zero-order valence-electron chi connectivity index (χ0n) is 13.8. The number of aromatic amines is 2. The van der Waals surface area contributed by atoms with E-state index >= 15 is 0 Å². The Kier molecular flexibility index (Phi) is 4.19. The monoisotopic (exact) mass is 338 g/mol. The average Bonchev–Trinajstić information content (AvgIpc) is 2.52. The summed E-state index contributed by atoms with van der Waals surface area (Å²) in [5.74, 6) is -1.13. The minimum Gasteiger partial charge on any atom is -0.507 e. The lowest BCUT2D eigenvalue weighted by Crippen LogP contribution is -2.21. The van der Waals surface area contributed by atoms with Gasteiger partial charge in [0, 0.05) is 28.9 Å². The quantitative estimate of drug-likeness (QED) is 0.588. The van der Waals surface area contributed by atoms with Gasteiger partial charge in [0.05, 0.1) is 5.56 Å². The van der Waals surface area contributed by atoms with Crippen LogP contribution < -0.4 is 11.1 Å². The average molecular weight is 338 g/mol. The van der Waals surface area contributed by atoms with E-state index in [-0.39, 0.29) is 17.1 Å². The van der Waals surface area contributed by atoms with Crippen molar-refractivity contribution in [3.63, 3.8) is 0 Å². The number of aromatic hydroxyl groups is 2. The molecule has 0 radical (unpaired) electrons. The second-order valence-electron chi connectivity index (χ2n) is 5.98. The van der Waals surface area contributed by atoms with Gasteiger partial charge >= 0.3 is 0 Å². The SMILES string of the molecule is Cc1cc(O)c(C(c2ccccc2)c2c(O)cc(=O)[nH]c2C)c(=O)[nH]1. The second-order valence-corrected chi connectivity index (χ2v) is 5.98. The van der Waals surface area contributed by atoms with Crippen molar-refractivity contribution < 1.29 is 10.2 Å². The number of H-pyrrole nitrogens is 2. The first-order valence-corrected chi connectivity index (χ1v) is 7.79. The fourth-order valence-corrected chi connectivity index (χ4v) is 3.13.